The first-order valence-electron chi connectivity index (χ1n) is 8.68. The summed E-state index contributed by atoms with van der Waals surface area (Å²) in [5.74, 6) is 2.20. The van der Waals surface area contributed by atoms with Crippen molar-refractivity contribution in [2.24, 2.45) is 0 Å². The van der Waals surface area contributed by atoms with Crippen molar-refractivity contribution in [3.8, 4) is 5.82 Å². The van der Waals surface area contributed by atoms with E-state index in [1.165, 1.54) is 4.31 Å². The molecule has 0 radical (unpaired) electrons. The Morgan fingerprint density at radius 3 is 2.33 bits per heavy atom. The summed E-state index contributed by atoms with van der Waals surface area (Å²) in [4.78, 5) is 15.4. The predicted molar refractivity (Wildman–Crippen MR) is 101 cm³/mol. The maximum atomic E-state index is 12.8. The fourth-order valence-corrected chi connectivity index (χ4v) is 4.57. The lowest BCUT2D eigenvalue weighted by atomic mass is 10.3. The van der Waals surface area contributed by atoms with Gasteiger partial charge < -0.3 is 4.90 Å². The van der Waals surface area contributed by atoms with Crippen LogP contribution in [0.25, 0.3) is 5.82 Å². The largest absolute Gasteiger partial charge is 0.354 e. The lowest BCUT2D eigenvalue weighted by Crippen LogP contribution is -2.49. The van der Waals surface area contributed by atoms with Crippen molar-refractivity contribution >= 4 is 15.8 Å². The Balaban J connectivity index is 1.52. The van der Waals surface area contributed by atoms with Crippen molar-refractivity contribution < 1.29 is 8.42 Å². The molecule has 1 fully saturated rings. The van der Waals surface area contributed by atoms with Gasteiger partial charge in [0, 0.05) is 44.6 Å². The van der Waals surface area contributed by atoms with E-state index in [1.807, 2.05) is 29.8 Å². The first-order valence-corrected chi connectivity index (χ1v) is 10.1. The molecule has 1 aliphatic rings. The van der Waals surface area contributed by atoms with Crippen LogP contribution < -0.4 is 4.90 Å². The maximum absolute atomic E-state index is 12.8. The van der Waals surface area contributed by atoms with Crippen LogP contribution in [0.5, 0.6) is 0 Å². The lowest BCUT2D eigenvalue weighted by Gasteiger charge is -2.34. The standard InChI is InChI=1S/C18H20N6O2S/c1-15-20-17(13-18(21-15)23-8-7-19-14-23)22-9-11-24(12-10-22)27(25,26)16-5-3-2-4-6-16/h2-8,13-14H,9-12H2,1H3. The summed E-state index contributed by atoms with van der Waals surface area (Å²) in [6, 6.07) is 10.5. The van der Waals surface area contributed by atoms with Crippen LogP contribution in [0.2, 0.25) is 0 Å². The third-order valence-corrected chi connectivity index (χ3v) is 6.44. The molecule has 27 heavy (non-hydrogen) atoms. The van der Waals surface area contributed by atoms with Crippen molar-refractivity contribution in [1.29, 1.82) is 0 Å². The van der Waals surface area contributed by atoms with E-state index in [1.54, 1.807) is 36.8 Å². The highest BCUT2D eigenvalue weighted by Crippen LogP contribution is 2.21. The van der Waals surface area contributed by atoms with Crippen LogP contribution in [0.1, 0.15) is 5.82 Å². The van der Waals surface area contributed by atoms with E-state index in [0.717, 1.165) is 11.6 Å². The van der Waals surface area contributed by atoms with Crippen LogP contribution in [0.15, 0.2) is 60.0 Å². The highest BCUT2D eigenvalue weighted by Gasteiger charge is 2.29. The number of anilines is 1. The molecule has 3 aromatic rings. The quantitative estimate of drug-likeness (QED) is 0.677. The number of hydrogen-bond donors (Lipinski definition) is 0. The zero-order chi connectivity index (χ0) is 18.9. The van der Waals surface area contributed by atoms with Gasteiger partial charge in [-0.25, -0.2) is 23.4 Å². The number of aromatic nitrogens is 4. The summed E-state index contributed by atoms with van der Waals surface area (Å²) < 4.78 is 28.9. The van der Waals surface area contributed by atoms with Crippen molar-refractivity contribution in [3.05, 3.63) is 60.9 Å². The Hall–Kier alpha value is -2.78. The van der Waals surface area contributed by atoms with E-state index in [2.05, 4.69) is 19.9 Å². The zero-order valence-corrected chi connectivity index (χ0v) is 15.7. The van der Waals surface area contributed by atoms with Crippen LogP contribution in [0, 0.1) is 6.92 Å². The summed E-state index contributed by atoms with van der Waals surface area (Å²) >= 11 is 0. The molecule has 9 heteroatoms. The Bertz CT molecular complexity index is 1010. The van der Waals surface area contributed by atoms with Crippen molar-refractivity contribution in [2.75, 3.05) is 31.1 Å². The molecule has 0 spiro atoms. The van der Waals surface area contributed by atoms with Gasteiger partial charge in [-0.3, -0.25) is 4.57 Å². The summed E-state index contributed by atoms with van der Waals surface area (Å²) in [5, 5.41) is 0. The molecule has 140 valence electrons. The molecule has 0 saturated carbocycles. The molecule has 0 unspecified atom stereocenters. The summed E-state index contributed by atoms with van der Waals surface area (Å²) in [7, 11) is -3.46. The van der Waals surface area contributed by atoms with Crippen LogP contribution in [-0.2, 0) is 10.0 Å². The number of benzene rings is 1. The molecule has 3 heterocycles. The van der Waals surface area contributed by atoms with Crippen LogP contribution in [0.4, 0.5) is 5.82 Å². The number of aryl methyl sites for hydroxylation is 1. The normalized spacial score (nSPS) is 15.8. The number of rotatable bonds is 4. The molecular formula is C18H20N6O2S. The van der Waals surface area contributed by atoms with Gasteiger partial charge >= 0.3 is 0 Å². The summed E-state index contributed by atoms with van der Waals surface area (Å²) in [6.07, 6.45) is 5.22. The average molecular weight is 384 g/mol. The Morgan fingerprint density at radius 1 is 0.963 bits per heavy atom. The molecule has 0 N–H and O–H groups in total. The number of piperazine rings is 1. The van der Waals surface area contributed by atoms with Crippen LogP contribution in [-0.4, -0.2) is 58.4 Å². The molecule has 0 amide bonds. The molecule has 0 aliphatic carbocycles. The first kappa shape index (κ1) is 17.6. The second kappa shape index (κ2) is 7.09. The molecule has 4 rings (SSSR count). The van der Waals surface area contributed by atoms with Crippen molar-refractivity contribution in [3.63, 3.8) is 0 Å². The van der Waals surface area contributed by atoms with E-state index in [9.17, 15) is 8.42 Å². The van der Waals surface area contributed by atoms with E-state index in [0.29, 0.717) is 36.9 Å². The molecule has 0 atom stereocenters. The first-order chi connectivity index (χ1) is 13.0. The molecule has 8 nitrogen and oxygen atoms in total. The van der Waals surface area contributed by atoms with Crippen molar-refractivity contribution in [1.82, 2.24) is 23.8 Å². The molecule has 1 aromatic carbocycles. The topological polar surface area (TPSA) is 84.2 Å². The van der Waals surface area contributed by atoms with Gasteiger partial charge in [0.25, 0.3) is 0 Å². The summed E-state index contributed by atoms with van der Waals surface area (Å²) in [5.41, 5.74) is 0. The fourth-order valence-electron chi connectivity index (χ4n) is 3.12. The van der Waals surface area contributed by atoms with E-state index < -0.39 is 10.0 Å². The SMILES string of the molecule is Cc1nc(N2CCN(S(=O)(=O)c3ccccc3)CC2)cc(-n2ccnc2)n1. The van der Waals surface area contributed by atoms with Gasteiger partial charge in [0.15, 0.2) is 0 Å². The second-order valence-electron chi connectivity index (χ2n) is 6.31. The van der Waals surface area contributed by atoms with Gasteiger partial charge in [0.2, 0.25) is 10.0 Å². The predicted octanol–water partition coefficient (Wildman–Crippen LogP) is 1.48. The Labute approximate surface area is 158 Å². The average Bonchev–Trinajstić information content (AvgIpc) is 3.23. The van der Waals surface area contributed by atoms with Gasteiger partial charge in [-0.05, 0) is 19.1 Å². The highest BCUT2D eigenvalue weighted by atomic mass is 32.2. The Morgan fingerprint density at radius 2 is 1.67 bits per heavy atom. The van der Waals surface area contributed by atoms with E-state index >= 15 is 0 Å². The third-order valence-electron chi connectivity index (χ3n) is 4.52. The maximum Gasteiger partial charge on any atom is 0.243 e. The smallest absolute Gasteiger partial charge is 0.243 e. The van der Waals surface area contributed by atoms with Gasteiger partial charge in [0.05, 0.1) is 4.90 Å². The van der Waals surface area contributed by atoms with Crippen LogP contribution in [0.3, 0.4) is 0 Å². The number of hydrogen-bond acceptors (Lipinski definition) is 6. The van der Waals surface area contributed by atoms with Gasteiger partial charge in [0.1, 0.15) is 23.8 Å². The zero-order valence-electron chi connectivity index (χ0n) is 14.9. The lowest BCUT2D eigenvalue weighted by molar-refractivity contribution is 0.383. The number of nitrogens with zero attached hydrogens (tertiary/aromatic N) is 6. The van der Waals surface area contributed by atoms with Crippen LogP contribution >= 0.6 is 0 Å². The third kappa shape index (κ3) is 3.56. The number of sulfonamides is 1. The summed E-state index contributed by atoms with van der Waals surface area (Å²) in [6.45, 7) is 3.83. The minimum Gasteiger partial charge on any atom is -0.354 e. The fraction of sp³-hybridized carbons (Fsp3) is 0.278. The minimum atomic E-state index is -3.46. The highest BCUT2D eigenvalue weighted by molar-refractivity contribution is 7.89. The molecular weight excluding hydrogens is 364 g/mol. The molecule has 2 aromatic heterocycles. The second-order valence-corrected chi connectivity index (χ2v) is 8.24. The molecule has 0 bridgehead atoms. The molecule has 1 saturated heterocycles. The van der Waals surface area contributed by atoms with Gasteiger partial charge in [-0.1, -0.05) is 18.2 Å². The van der Waals surface area contributed by atoms with Gasteiger partial charge in [-0.15, -0.1) is 0 Å². The molecule has 1 aliphatic heterocycles. The monoisotopic (exact) mass is 384 g/mol. The minimum absolute atomic E-state index is 0.332. The Kier molecular flexibility index (Phi) is 4.63. The van der Waals surface area contributed by atoms with E-state index in [4.69, 9.17) is 0 Å². The van der Waals surface area contributed by atoms with Crippen molar-refractivity contribution in [2.45, 2.75) is 11.8 Å². The van der Waals surface area contributed by atoms with E-state index in [-0.39, 0.29) is 0 Å². The van der Waals surface area contributed by atoms with Gasteiger partial charge in [-0.2, -0.15) is 4.31 Å². The number of imidazole rings is 1.